The molecule has 9 heteroatoms. The zero-order chi connectivity index (χ0) is 59.8. The summed E-state index contributed by atoms with van der Waals surface area (Å²) in [7, 11) is 1.32. The molecule has 0 fully saturated rings. The number of hydrogen-bond donors (Lipinski definition) is 2. The highest BCUT2D eigenvalue weighted by molar-refractivity contribution is 7.45. The van der Waals surface area contributed by atoms with Gasteiger partial charge in [0.15, 0.2) is 0 Å². The maximum Gasteiger partial charge on any atom is 0.268 e. The van der Waals surface area contributed by atoms with Crippen LogP contribution in [0.3, 0.4) is 0 Å². The van der Waals surface area contributed by atoms with Crippen LogP contribution in [-0.2, 0) is 18.4 Å². The number of quaternary nitrogens is 1. The van der Waals surface area contributed by atoms with Gasteiger partial charge in [-0.2, -0.15) is 0 Å². The average molecular weight is 1170 g/mol. The fourth-order valence-corrected chi connectivity index (χ4v) is 11.5. The molecule has 0 aliphatic carbocycles. The minimum atomic E-state index is -4.58. The van der Waals surface area contributed by atoms with E-state index in [4.69, 9.17) is 9.05 Å². The quantitative estimate of drug-likeness (QED) is 0.0272. The number of rotatable bonds is 66. The molecule has 0 aliphatic rings. The molecule has 3 unspecified atom stereocenters. The average Bonchev–Trinajstić information content (AvgIpc) is 3.45. The van der Waals surface area contributed by atoms with Gasteiger partial charge in [0.2, 0.25) is 5.91 Å². The van der Waals surface area contributed by atoms with E-state index in [-0.39, 0.29) is 19.1 Å². The summed E-state index contributed by atoms with van der Waals surface area (Å²) in [5, 5.41) is 14.1. The van der Waals surface area contributed by atoms with Crippen molar-refractivity contribution in [2.75, 3.05) is 40.9 Å². The first-order chi connectivity index (χ1) is 40.0. The zero-order valence-electron chi connectivity index (χ0n) is 55.2. The van der Waals surface area contributed by atoms with Crippen molar-refractivity contribution in [3.05, 3.63) is 60.8 Å². The van der Waals surface area contributed by atoms with E-state index in [1.165, 1.54) is 250 Å². The Labute approximate surface area is 511 Å². The number of phosphoric acid groups is 1. The maximum absolute atomic E-state index is 13.1. The minimum Gasteiger partial charge on any atom is -0.756 e. The topological polar surface area (TPSA) is 108 Å². The lowest BCUT2D eigenvalue weighted by Gasteiger charge is -2.30. The van der Waals surface area contributed by atoms with Gasteiger partial charge >= 0.3 is 0 Å². The standard InChI is InChI=1S/C73H139N2O6P/c1-6-8-10-12-14-16-18-20-22-24-26-28-30-32-33-34-35-36-37-38-39-40-41-43-45-47-49-51-53-55-57-59-61-63-65-67-73(77)74-71(70-81-82(78,79)80-69-68-75(3,4)5)72(76)66-64-62-60-58-56-54-52-50-48-46-44-42-31-29-27-25-23-21-19-17-15-13-11-9-7-2/h8,10,14,16,20,22,26,28,32-33,71-72,76H,6-7,9,11-13,15,17-19,21,23-25,27,29-31,34-70H2,1-5H3,(H-,74,77,78,79)/b10-8-,16-14-,22-20-,28-26-,33-32-. The lowest BCUT2D eigenvalue weighted by Crippen LogP contribution is -2.46. The van der Waals surface area contributed by atoms with Crippen LogP contribution in [0, 0.1) is 0 Å². The van der Waals surface area contributed by atoms with Crippen molar-refractivity contribution in [2.24, 2.45) is 0 Å². The molecule has 482 valence electrons. The number of carbonyl (C=O) groups excluding carboxylic acids is 1. The Morgan fingerprint density at radius 2 is 0.744 bits per heavy atom. The van der Waals surface area contributed by atoms with Gasteiger partial charge in [0.1, 0.15) is 13.2 Å². The first kappa shape index (κ1) is 80.2. The molecule has 0 radical (unpaired) electrons. The van der Waals surface area contributed by atoms with Gasteiger partial charge in [0, 0.05) is 6.42 Å². The third-order valence-corrected chi connectivity index (χ3v) is 17.2. The Hall–Kier alpha value is -1.80. The number of carbonyl (C=O) groups is 1. The van der Waals surface area contributed by atoms with Crippen LogP contribution < -0.4 is 10.2 Å². The number of allylic oxidation sites excluding steroid dienone is 10. The van der Waals surface area contributed by atoms with Crippen molar-refractivity contribution in [1.29, 1.82) is 0 Å². The van der Waals surface area contributed by atoms with Gasteiger partial charge in [0.05, 0.1) is 39.9 Å². The molecule has 0 rings (SSSR count). The SMILES string of the molecule is CC/C=C\C/C=C\C/C=C\C/C=C\C/C=C\CCCCCCCCCCCCCCCCCCCCCC(=O)NC(COP(=O)([O-])OCC[N+](C)(C)C)C(O)CCCCCCCCCCCCCCCCCCCCCCCCCCC. The number of phosphoric ester groups is 1. The van der Waals surface area contributed by atoms with E-state index in [9.17, 15) is 19.4 Å². The van der Waals surface area contributed by atoms with Crippen LogP contribution in [0.5, 0.6) is 0 Å². The third kappa shape index (κ3) is 65.7. The van der Waals surface area contributed by atoms with Crippen molar-refractivity contribution in [2.45, 2.75) is 360 Å². The Kier molecular flexibility index (Phi) is 62.3. The molecule has 0 aromatic rings. The number of aliphatic hydroxyl groups is 1. The number of nitrogens with one attached hydrogen (secondary N) is 1. The van der Waals surface area contributed by atoms with Crippen molar-refractivity contribution in [3.63, 3.8) is 0 Å². The van der Waals surface area contributed by atoms with Gasteiger partial charge < -0.3 is 28.8 Å². The number of likely N-dealkylation sites (N-methyl/N-ethyl adjacent to an activating group) is 1. The van der Waals surface area contributed by atoms with Crippen molar-refractivity contribution in [3.8, 4) is 0 Å². The van der Waals surface area contributed by atoms with Crippen LogP contribution >= 0.6 is 7.82 Å². The van der Waals surface area contributed by atoms with E-state index in [0.29, 0.717) is 23.9 Å². The fraction of sp³-hybridized carbons (Fsp3) is 0.849. The van der Waals surface area contributed by atoms with Crippen LogP contribution in [0.4, 0.5) is 0 Å². The molecule has 8 nitrogen and oxygen atoms in total. The largest absolute Gasteiger partial charge is 0.756 e. The van der Waals surface area contributed by atoms with Gasteiger partial charge in [-0.25, -0.2) is 0 Å². The Balaban J connectivity index is 3.99. The molecule has 1 amide bonds. The number of unbranched alkanes of at least 4 members (excludes halogenated alkanes) is 43. The summed E-state index contributed by atoms with van der Waals surface area (Å²) in [5.74, 6) is -0.159. The second kappa shape index (κ2) is 63.7. The molecule has 0 aliphatic heterocycles. The third-order valence-electron chi connectivity index (χ3n) is 16.3. The lowest BCUT2D eigenvalue weighted by molar-refractivity contribution is -0.870. The summed E-state index contributed by atoms with van der Waals surface area (Å²) in [6.07, 6.45) is 87.3. The van der Waals surface area contributed by atoms with Crippen LogP contribution in [0.1, 0.15) is 348 Å². The minimum absolute atomic E-state index is 0.0131. The summed E-state index contributed by atoms with van der Waals surface area (Å²) < 4.78 is 23.5. The molecule has 3 atom stereocenters. The number of hydrogen-bond acceptors (Lipinski definition) is 6. The molecule has 0 saturated carbocycles. The number of amides is 1. The normalized spacial score (nSPS) is 14.0. The molecule has 82 heavy (non-hydrogen) atoms. The molecular weight excluding hydrogens is 1030 g/mol. The van der Waals surface area contributed by atoms with Gasteiger partial charge in [-0.3, -0.25) is 9.36 Å². The first-order valence-electron chi connectivity index (χ1n) is 35.6. The Morgan fingerprint density at radius 3 is 1.09 bits per heavy atom. The predicted octanol–water partition coefficient (Wildman–Crippen LogP) is 22.1. The fourth-order valence-electron chi connectivity index (χ4n) is 10.8. The van der Waals surface area contributed by atoms with E-state index in [0.717, 1.165) is 70.6 Å². The number of nitrogens with zero attached hydrogens (tertiary/aromatic N) is 1. The maximum atomic E-state index is 13.1. The summed E-state index contributed by atoms with van der Waals surface area (Å²) in [6.45, 7) is 4.66. The van der Waals surface area contributed by atoms with E-state index in [2.05, 4.69) is 79.9 Å². The van der Waals surface area contributed by atoms with Crippen LogP contribution in [0.25, 0.3) is 0 Å². The van der Waals surface area contributed by atoms with E-state index >= 15 is 0 Å². The van der Waals surface area contributed by atoms with E-state index in [1.54, 1.807) is 0 Å². The van der Waals surface area contributed by atoms with Crippen LogP contribution in [0.15, 0.2) is 60.8 Å². The predicted molar refractivity (Wildman–Crippen MR) is 357 cm³/mol. The molecule has 0 aromatic heterocycles. The van der Waals surface area contributed by atoms with Crippen molar-refractivity contribution in [1.82, 2.24) is 5.32 Å². The highest BCUT2D eigenvalue weighted by Crippen LogP contribution is 2.38. The summed E-state index contributed by atoms with van der Waals surface area (Å²) in [5.41, 5.74) is 0. The first-order valence-corrected chi connectivity index (χ1v) is 37.1. The lowest BCUT2D eigenvalue weighted by atomic mass is 10.0. The molecule has 0 saturated heterocycles. The highest BCUT2D eigenvalue weighted by atomic mass is 31.2. The smallest absolute Gasteiger partial charge is 0.268 e. The van der Waals surface area contributed by atoms with Gasteiger partial charge in [-0.1, -0.05) is 344 Å². The van der Waals surface area contributed by atoms with Crippen LogP contribution in [0.2, 0.25) is 0 Å². The Bertz CT molecular complexity index is 1520. The van der Waals surface area contributed by atoms with E-state index < -0.39 is 20.0 Å². The molecular formula is C73H139N2O6P. The monoisotopic (exact) mass is 1170 g/mol. The van der Waals surface area contributed by atoms with Crippen molar-refractivity contribution < 1.29 is 32.9 Å². The van der Waals surface area contributed by atoms with Gasteiger partial charge in [0.25, 0.3) is 7.82 Å². The zero-order valence-corrected chi connectivity index (χ0v) is 56.1. The second-order valence-corrected chi connectivity index (χ2v) is 27.0. The summed E-state index contributed by atoms with van der Waals surface area (Å²) in [6, 6.07) is -0.802. The second-order valence-electron chi connectivity index (χ2n) is 25.6. The Morgan fingerprint density at radius 1 is 0.439 bits per heavy atom. The molecule has 0 aromatic carbocycles. The number of aliphatic hydroxyl groups excluding tert-OH is 1. The summed E-state index contributed by atoms with van der Waals surface area (Å²) in [4.78, 5) is 25.7. The van der Waals surface area contributed by atoms with Crippen molar-refractivity contribution >= 4 is 13.7 Å². The van der Waals surface area contributed by atoms with Gasteiger partial charge in [-0.05, 0) is 57.8 Å². The highest BCUT2D eigenvalue weighted by Gasteiger charge is 2.24. The van der Waals surface area contributed by atoms with Gasteiger partial charge in [-0.15, -0.1) is 0 Å². The molecule has 0 bridgehead atoms. The summed E-state index contributed by atoms with van der Waals surface area (Å²) >= 11 is 0. The molecule has 2 N–H and O–H groups in total. The van der Waals surface area contributed by atoms with E-state index in [1.807, 2.05) is 21.1 Å². The van der Waals surface area contributed by atoms with Crippen LogP contribution in [-0.4, -0.2) is 68.5 Å². The molecule has 0 heterocycles. The molecule has 0 spiro atoms.